The number of hydrogen-bond donors (Lipinski definition) is 2. The van der Waals surface area contributed by atoms with Crippen LogP contribution < -0.4 is 0 Å². The minimum atomic E-state index is 0.00381. The number of carbonyl (C=O) groups is 1. The van der Waals surface area contributed by atoms with E-state index in [9.17, 15) is 4.79 Å². The lowest BCUT2D eigenvalue weighted by molar-refractivity contribution is 0.0709. The molecule has 5 heterocycles. The van der Waals surface area contributed by atoms with Gasteiger partial charge in [-0.2, -0.15) is 5.10 Å². The number of pyridine rings is 1. The standard InChI is InChI=1S/C24H26N6O2/c31-24(21-18-3-1-2-4-19(18)28-29-21)30-11-6-15(7-12-30)17-5-10-25-23-20(17)26-22(27-23)16-8-13-32-14-9-16/h1-5,10,15-16H,6-9,11-14H2,(H,28,29)(H,25,26,27). The van der Waals surface area contributed by atoms with Gasteiger partial charge in [0.05, 0.1) is 11.0 Å². The van der Waals surface area contributed by atoms with E-state index in [-0.39, 0.29) is 5.91 Å². The third kappa shape index (κ3) is 3.35. The Morgan fingerprint density at radius 3 is 2.69 bits per heavy atom. The first kappa shape index (κ1) is 19.4. The number of aromatic amines is 2. The Balaban J connectivity index is 1.20. The van der Waals surface area contributed by atoms with Crippen LogP contribution in [0.2, 0.25) is 0 Å². The van der Waals surface area contributed by atoms with Crippen LogP contribution in [0.3, 0.4) is 0 Å². The molecule has 8 nitrogen and oxygen atoms in total. The number of likely N-dealkylation sites (tertiary alicyclic amines) is 1. The molecule has 1 amide bonds. The van der Waals surface area contributed by atoms with E-state index in [2.05, 4.69) is 26.2 Å². The van der Waals surface area contributed by atoms with Gasteiger partial charge in [0.15, 0.2) is 11.3 Å². The minimum Gasteiger partial charge on any atom is -0.381 e. The zero-order valence-corrected chi connectivity index (χ0v) is 17.9. The number of piperidine rings is 1. The SMILES string of the molecule is O=C(c1n[nH]c2ccccc12)N1CCC(c2ccnc3nc(C4CCOCC4)[nH]c23)CC1. The summed E-state index contributed by atoms with van der Waals surface area (Å²) in [6.45, 7) is 3.02. The maximum absolute atomic E-state index is 13.1. The van der Waals surface area contributed by atoms with E-state index in [1.165, 1.54) is 5.56 Å². The van der Waals surface area contributed by atoms with Gasteiger partial charge in [0.2, 0.25) is 0 Å². The lowest BCUT2D eigenvalue weighted by Crippen LogP contribution is -2.38. The van der Waals surface area contributed by atoms with Crippen molar-refractivity contribution in [2.24, 2.45) is 0 Å². The molecular weight excluding hydrogens is 404 g/mol. The summed E-state index contributed by atoms with van der Waals surface area (Å²) >= 11 is 0. The molecule has 4 aromatic rings. The molecule has 2 saturated heterocycles. The predicted molar refractivity (Wildman–Crippen MR) is 121 cm³/mol. The van der Waals surface area contributed by atoms with Crippen molar-refractivity contribution in [1.82, 2.24) is 30.0 Å². The normalized spacial score (nSPS) is 18.6. The average molecular weight is 431 g/mol. The van der Waals surface area contributed by atoms with E-state index in [1.54, 1.807) is 0 Å². The van der Waals surface area contributed by atoms with Gasteiger partial charge in [0.1, 0.15) is 5.82 Å². The van der Waals surface area contributed by atoms with Crippen LogP contribution in [0.1, 0.15) is 59.4 Å². The molecule has 2 fully saturated rings. The maximum Gasteiger partial charge on any atom is 0.274 e. The van der Waals surface area contributed by atoms with E-state index in [0.29, 0.717) is 17.5 Å². The highest BCUT2D eigenvalue weighted by Gasteiger charge is 2.29. The van der Waals surface area contributed by atoms with Gasteiger partial charge in [-0.3, -0.25) is 9.89 Å². The van der Waals surface area contributed by atoms with Gasteiger partial charge in [-0.25, -0.2) is 9.97 Å². The molecule has 1 aromatic carbocycles. The van der Waals surface area contributed by atoms with Gasteiger partial charge in [-0.15, -0.1) is 0 Å². The van der Waals surface area contributed by atoms with Gasteiger partial charge in [-0.05, 0) is 49.3 Å². The Hall–Kier alpha value is -3.26. The minimum absolute atomic E-state index is 0.00381. The highest BCUT2D eigenvalue weighted by atomic mass is 16.5. The lowest BCUT2D eigenvalue weighted by atomic mass is 9.89. The summed E-state index contributed by atoms with van der Waals surface area (Å²) < 4.78 is 5.50. The number of fused-ring (bicyclic) bond motifs is 2. The molecule has 8 heteroatoms. The number of aromatic nitrogens is 5. The fraction of sp³-hybridized carbons (Fsp3) is 0.417. The molecule has 32 heavy (non-hydrogen) atoms. The van der Waals surface area contributed by atoms with Crippen LogP contribution in [0.15, 0.2) is 36.5 Å². The monoisotopic (exact) mass is 430 g/mol. The first-order chi connectivity index (χ1) is 15.8. The maximum atomic E-state index is 13.1. The lowest BCUT2D eigenvalue weighted by Gasteiger charge is -2.32. The molecule has 0 unspecified atom stereocenters. The quantitative estimate of drug-likeness (QED) is 0.516. The van der Waals surface area contributed by atoms with Crippen molar-refractivity contribution < 1.29 is 9.53 Å². The fourth-order valence-electron chi connectivity index (χ4n) is 5.12. The van der Waals surface area contributed by atoms with Crippen molar-refractivity contribution in [3.05, 3.63) is 53.6 Å². The number of imidazole rings is 1. The molecule has 0 radical (unpaired) electrons. The highest BCUT2D eigenvalue weighted by molar-refractivity contribution is 6.04. The second-order valence-corrected chi connectivity index (χ2v) is 8.79. The number of para-hydroxylation sites is 1. The average Bonchev–Trinajstić information content (AvgIpc) is 3.49. The van der Waals surface area contributed by atoms with E-state index < -0.39 is 0 Å². The second kappa shape index (κ2) is 8.02. The summed E-state index contributed by atoms with van der Waals surface area (Å²) in [4.78, 5) is 27.9. The van der Waals surface area contributed by atoms with Gasteiger partial charge in [-0.1, -0.05) is 18.2 Å². The molecule has 0 spiro atoms. The van der Waals surface area contributed by atoms with E-state index in [1.807, 2.05) is 35.4 Å². The largest absolute Gasteiger partial charge is 0.381 e. The molecular formula is C24H26N6O2. The van der Waals surface area contributed by atoms with Crippen LogP contribution in [0, 0.1) is 0 Å². The number of ether oxygens (including phenoxy) is 1. The number of rotatable bonds is 3. The molecule has 164 valence electrons. The number of H-pyrrole nitrogens is 2. The van der Waals surface area contributed by atoms with Crippen LogP contribution in [-0.2, 0) is 4.74 Å². The smallest absolute Gasteiger partial charge is 0.274 e. The van der Waals surface area contributed by atoms with Gasteiger partial charge < -0.3 is 14.6 Å². The molecule has 2 aliphatic rings. The zero-order chi connectivity index (χ0) is 21.5. The molecule has 0 saturated carbocycles. The Morgan fingerprint density at radius 1 is 1.03 bits per heavy atom. The summed E-state index contributed by atoms with van der Waals surface area (Å²) in [5.74, 6) is 1.82. The number of benzene rings is 1. The molecule has 6 rings (SSSR count). The molecule has 0 atom stereocenters. The van der Waals surface area contributed by atoms with Crippen molar-refractivity contribution in [3.8, 4) is 0 Å². The van der Waals surface area contributed by atoms with Gasteiger partial charge in [0.25, 0.3) is 5.91 Å². The van der Waals surface area contributed by atoms with Gasteiger partial charge in [0, 0.05) is 43.8 Å². The number of nitrogens with one attached hydrogen (secondary N) is 2. The van der Waals surface area contributed by atoms with Crippen LogP contribution >= 0.6 is 0 Å². The third-order valence-electron chi connectivity index (χ3n) is 6.95. The second-order valence-electron chi connectivity index (χ2n) is 8.79. The topological polar surface area (TPSA) is 99.8 Å². The summed E-state index contributed by atoms with van der Waals surface area (Å²) in [6.07, 6.45) is 5.69. The Kier molecular flexibility index (Phi) is 4.87. The van der Waals surface area contributed by atoms with Gasteiger partial charge >= 0.3 is 0 Å². The van der Waals surface area contributed by atoms with Crippen molar-refractivity contribution in [2.75, 3.05) is 26.3 Å². The first-order valence-corrected chi connectivity index (χ1v) is 11.4. The number of hydrogen-bond acceptors (Lipinski definition) is 5. The predicted octanol–water partition coefficient (Wildman–Crippen LogP) is 3.75. The van der Waals surface area contributed by atoms with Crippen LogP contribution in [-0.4, -0.2) is 62.3 Å². The summed E-state index contributed by atoms with van der Waals surface area (Å²) in [5, 5.41) is 8.14. The number of nitrogens with zero attached hydrogens (tertiary/aromatic N) is 4. The third-order valence-corrected chi connectivity index (χ3v) is 6.95. The van der Waals surface area contributed by atoms with Crippen LogP contribution in [0.4, 0.5) is 0 Å². The Morgan fingerprint density at radius 2 is 1.84 bits per heavy atom. The molecule has 3 aromatic heterocycles. The molecule has 2 aliphatic heterocycles. The van der Waals surface area contributed by atoms with E-state index >= 15 is 0 Å². The van der Waals surface area contributed by atoms with Crippen molar-refractivity contribution >= 4 is 28.0 Å². The van der Waals surface area contributed by atoms with Crippen molar-refractivity contribution in [3.63, 3.8) is 0 Å². The van der Waals surface area contributed by atoms with Crippen LogP contribution in [0.5, 0.6) is 0 Å². The molecule has 0 bridgehead atoms. The molecule has 2 N–H and O–H groups in total. The van der Waals surface area contributed by atoms with E-state index in [4.69, 9.17) is 9.72 Å². The highest BCUT2D eigenvalue weighted by Crippen LogP contribution is 2.34. The number of amides is 1. The molecule has 0 aliphatic carbocycles. The fourth-order valence-corrected chi connectivity index (χ4v) is 5.12. The zero-order valence-electron chi connectivity index (χ0n) is 17.9. The van der Waals surface area contributed by atoms with E-state index in [0.717, 1.165) is 79.9 Å². The van der Waals surface area contributed by atoms with Crippen molar-refractivity contribution in [2.45, 2.75) is 37.5 Å². The van der Waals surface area contributed by atoms with Crippen LogP contribution in [0.25, 0.3) is 22.1 Å². The summed E-state index contributed by atoms with van der Waals surface area (Å²) in [5.41, 5.74) is 4.52. The summed E-state index contributed by atoms with van der Waals surface area (Å²) in [7, 11) is 0. The first-order valence-electron chi connectivity index (χ1n) is 11.4. The number of carbonyl (C=O) groups excluding carboxylic acids is 1. The van der Waals surface area contributed by atoms with Crippen molar-refractivity contribution in [1.29, 1.82) is 0 Å². The Bertz CT molecular complexity index is 1260. The Labute approximate surface area is 185 Å². The summed E-state index contributed by atoms with van der Waals surface area (Å²) in [6, 6.07) is 9.88.